The Bertz CT molecular complexity index is 3720. The third-order valence-electron chi connectivity index (χ3n) is 12.1. The molecule has 0 saturated heterocycles. The third kappa shape index (κ3) is 4.79. The van der Waals surface area contributed by atoms with Gasteiger partial charge in [-0.2, -0.15) is 0 Å². The van der Waals surface area contributed by atoms with Crippen LogP contribution in [-0.4, -0.2) is 19.1 Å². The fraction of sp³-hybridized carbons (Fsp3) is 0. The van der Waals surface area contributed by atoms with Gasteiger partial charge < -0.3 is 8.98 Å². The van der Waals surface area contributed by atoms with E-state index in [0.717, 1.165) is 83.1 Å². The van der Waals surface area contributed by atoms with Gasteiger partial charge in [-0.25, -0.2) is 9.97 Å². The van der Waals surface area contributed by atoms with Gasteiger partial charge in [-0.05, 0) is 88.6 Å². The quantitative estimate of drug-likeness (QED) is 0.165. The zero-order valence-electron chi connectivity index (χ0n) is 31.7. The van der Waals surface area contributed by atoms with Crippen LogP contribution in [0.5, 0.6) is 0 Å². The predicted octanol–water partition coefficient (Wildman–Crippen LogP) is 14.2. The summed E-state index contributed by atoms with van der Waals surface area (Å²) in [6.45, 7) is 0. The van der Waals surface area contributed by atoms with Crippen molar-refractivity contribution < 1.29 is 4.42 Å². The molecule has 0 aliphatic carbocycles. The van der Waals surface area contributed by atoms with Gasteiger partial charge in [-0.15, -0.1) is 0 Å². The lowest BCUT2D eigenvalue weighted by atomic mass is 9.96. The topological polar surface area (TPSA) is 48.8 Å². The van der Waals surface area contributed by atoms with Gasteiger partial charge in [-0.3, -0.25) is 4.57 Å². The lowest BCUT2D eigenvalue weighted by Crippen LogP contribution is -2.03. The number of nitrogens with zero attached hydrogens (tertiary/aromatic N) is 4. The zero-order chi connectivity index (χ0) is 38.6. The molecular formula is C54H32N4O. The summed E-state index contributed by atoms with van der Waals surface area (Å²) < 4.78 is 10.9. The van der Waals surface area contributed by atoms with E-state index in [-0.39, 0.29) is 0 Å². The van der Waals surface area contributed by atoms with Crippen molar-refractivity contribution in [3.8, 4) is 45.3 Å². The molecule has 59 heavy (non-hydrogen) atoms. The molecular weight excluding hydrogens is 721 g/mol. The van der Waals surface area contributed by atoms with Crippen molar-refractivity contribution in [2.75, 3.05) is 0 Å². The monoisotopic (exact) mass is 752 g/mol. The number of hydrogen-bond acceptors (Lipinski definition) is 3. The Hall–Kier alpha value is -8.02. The Morgan fingerprint density at radius 3 is 1.81 bits per heavy atom. The number of hydrogen-bond donors (Lipinski definition) is 0. The van der Waals surface area contributed by atoms with E-state index in [1.54, 1.807) is 0 Å². The summed E-state index contributed by atoms with van der Waals surface area (Å²) in [7, 11) is 0. The fourth-order valence-corrected chi connectivity index (χ4v) is 9.41. The SMILES string of the molecule is c1ccc(-c2cc(-c3ccccc3)nc(-n3c4ccccc4c4cc(-c5cc6ccc7cccc8c7c6c(c5)n8-c5ccc6oc7ccccc7c6c5)ccc43)n2)cc1. The van der Waals surface area contributed by atoms with Crippen LogP contribution >= 0.6 is 0 Å². The Morgan fingerprint density at radius 2 is 1.00 bits per heavy atom. The first-order valence-corrected chi connectivity index (χ1v) is 20.0. The molecule has 4 aromatic heterocycles. The molecule has 5 heteroatoms. The second-order valence-electron chi connectivity index (χ2n) is 15.4. The number of benzene rings is 9. The van der Waals surface area contributed by atoms with E-state index in [1.807, 2.05) is 24.3 Å². The number of para-hydroxylation sites is 2. The highest BCUT2D eigenvalue weighted by Crippen LogP contribution is 2.43. The molecule has 0 aliphatic rings. The van der Waals surface area contributed by atoms with Crippen molar-refractivity contribution in [2.45, 2.75) is 0 Å². The highest BCUT2D eigenvalue weighted by Gasteiger charge is 2.21. The van der Waals surface area contributed by atoms with Gasteiger partial charge in [0.1, 0.15) is 11.2 Å². The minimum absolute atomic E-state index is 0.642. The molecule has 0 saturated carbocycles. The van der Waals surface area contributed by atoms with Crippen LogP contribution in [-0.2, 0) is 0 Å². The highest BCUT2D eigenvalue weighted by atomic mass is 16.3. The summed E-state index contributed by atoms with van der Waals surface area (Å²) in [5.41, 5.74) is 13.6. The summed E-state index contributed by atoms with van der Waals surface area (Å²) in [5, 5.41) is 9.57. The average Bonchev–Trinajstić information content (AvgIpc) is 3.96. The van der Waals surface area contributed by atoms with E-state index in [4.69, 9.17) is 14.4 Å². The van der Waals surface area contributed by atoms with E-state index in [1.165, 1.54) is 32.6 Å². The normalized spacial score (nSPS) is 12.1. The van der Waals surface area contributed by atoms with Crippen molar-refractivity contribution in [1.29, 1.82) is 0 Å². The summed E-state index contributed by atoms with van der Waals surface area (Å²) in [6, 6.07) is 69.0. The lowest BCUT2D eigenvalue weighted by molar-refractivity contribution is 0.669. The number of rotatable bonds is 5. The second kappa shape index (κ2) is 12.2. The van der Waals surface area contributed by atoms with Gasteiger partial charge in [0.05, 0.1) is 33.5 Å². The molecule has 4 heterocycles. The van der Waals surface area contributed by atoms with E-state index in [2.05, 4.69) is 179 Å². The van der Waals surface area contributed by atoms with Crippen molar-refractivity contribution in [3.63, 3.8) is 0 Å². The molecule has 9 aromatic carbocycles. The minimum Gasteiger partial charge on any atom is -0.456 e. The van der Waals surface area contributed by atoms with Gasteiger partial charge in [0.15, 0.2) is 0 Å². The van der Waals surface area contributed by atoms with Crippen LogP contribution in [0.4, 0.5) is 0 Å². The fourth-order valence-electron chi connectivity index (χ4n) is 9.41. The molecule has 13 aromatic rings. The molecule has 5 nitrogen and oxygen atoms in total. The van der Waals surface area contributed by atoms with Gasteiger partial charge >= 0.3 is 0 Å². The smallest absolute Gasteiger partial charge is 0.235 e. The zero-order valence-corrected chi connectivity index (χ0v) is 31.7. The molecule has 274 valence electrons. The Labute approximate surface area is 338 Å². The Morgan fingerprint density at radius 1 is 0.339 bits per heavy atom. The number of furan rings is 1. The summed E-state index contributed by atoms with van der Waals surface area (Å²) in [6.07, 6.45) is 0. The standard InChI is InChI=1S/C54H32N4O/c1-3-12-33(13-4-1)44-32-45(34-14-5-2-6-15-34)56-54(55-44)58-46-19-9-7-17-40(46)42-29-36(24-26-47(42)58)38-28-37-23-22-35-16-11-20-48-52(35)53(37)49(30-38)57(48)39-25-27-51-43(31-39)41-18-8-10-21-50(41)59-51/h1-32H. The van der Waals surface area contributed by atoms with Crippen molar-refractivity contribution in [2.24, 2.45) is 0 Å². The first-order valence-electron chi connectivity index (χ1n) is 20.0. The molecule has 0 N–H and O–H groups in total. The van der Waals surface area contributed by atoms with Crippen LogP contribution in [0, 0.1) is 0 Å². The van der Waals surface area contributed by atoms with E-state index < -0.39 is 0 Å². The maximum atomic E-state index is 6.24. The molecule has 0 unspecified atom stereocenters. The molecule has 0 spiro atoms. The van der Waals surface area contributed by atoms with Crippen LogP contribution in [0.1, 0.15) is 0 Å². The molecule has 0 amide bonds. The first kappa shape index (κ1) is 32.1. The van der Waals surface area contributed by atoms with Crippen LogP contribution in [0.3, 0.4) is 0 Å². The molecule has 0 atom stereocenters. The maximum Gasteiger partial charge on any atom is 0.235 e. The van der Waals surface area contributed by atoms with Crippen molar-refractivity contribution >= 4 is 76.3 Å². The van der Waals surface area contributed by atoms with Gasteiger partial charge in [0.2, 0.25) is 5.95 Å². The van der Waals surface area contributed by atoms with Crippen LogP contribution in [0.2, 0.25) is 0 Å². The summed E-state index contributed by atoms with van der Waals surface area (Å²) >= 11 is 0. The maximum absolute atomic E-state index is 6.24. The number of aromatic nitrogens is 4. The highest BCUT2D eigenvalue weighted by molar-refractivity contribution is 6.25. The second-order valence-corrected chi connectivity index (χ2v) is 15.4. The lowest BCUT2D eigenvalue weighted by Gasteiger charge is -2.12. The summed E-state index contributed by atoms with van der Waals surface area (Å²) in [5.74, 6) is 0.642. The molecule has 13 rings (SSSR count). The van der Waals surface area contributed by atoms with E-state index in [9.17, 15) is 0 Å². The third-order valence-corrected chi connectivity index (χ3v) is 12.1. The van der Waals surface area contributed by atoms with E-state index >= 15 is 0 Å². The van der Waals surface area contributed by atoms with Crippen LogP contribution in [0.25, 0.3) is 122 Å². The molecule has 0 radical (unpaired) electrons. The molecule has 0 bridgehead atoms. The molecule has 0 aliphatic heterocycles. The Balaban J connectivity index is 1.03. The predicted molar refractivity (Wildman–Crippen MR) is 243 cm³/mol. The minimum atomic E-state index is 0.642. The van der Waals surface area contributed by atoms with Crippen molar-refractivity contribution in [1.82, 2.24) is 19.1 Å². The van der Waals surface area contributed by atoms with Crippen LogP contribution < -0.4 is 0 Å². The first-order chi connectivity index (χ1) is 29.2. The largest absolute Gasteiger partial charge is 0.456 e. The van der Waals surface area contributed by atoms with Gasteiger partial charge in [0, 0.05) is 49.1 Å². The summed E-state index contributed by atoms with van der Waals surface area (Å²) in [4.78, 5) is 10.5. The van der Waals surface area contributed by atoms with Crippen molar-refractivity contribution in [3.05, 3.63) is 194 Å². The average molecular weight is 753 g/mol. The Kier molecular flexibility index (Phi) is 6.66. The number of fused-ring (bicyclic) bond motifs is 6. The van der Waals surface area contributed by atoms with Gasteiger partial charge in [0.25, 0.3) is 0 Å². The molecule has 0 fully saturated rings. The van der Waals surface area contributed by atoms with E-state index in [0.29, 0.717) is 5.95 Å². The van der Waals surface area contributed by atoms with Gasteiger partial charge in [-0.1, -0.05) is 127 Å². The van der Waals surface area contributed by atoms with Crippen LogP contribution in [0.15, 0.2) is 199 Å².